The van der Waals surface area contributed by atoms with Crippen LogP contribution in [0.25, 0.3) is 10.2 Å². The highest BCUT2D eigenvalue weighted by molar-refractivity contribution is 7.18. The Hall–Kier alpha value is -2.42. The fourth-order valence-electron chi connectivity index (χ4n) is 6.08. The monoisotopic (exact) mass is 595 g/mol. The minimum Gasteiger partial charge on any atom is -0.379 e. The number of nitrogens with zero attached hydrogens (tertiary/aromatic N) is 2. The van der Waals surface area contributed by atoms with Gasteiger partial charge in [-0.2, -0.15) is 0 Å². The Kier molecular flexibility index (Phi) is 12.7. The number of aromatic nitrogens is 1. The molecule has 1 aromatic carbocycles. The second-order valence-electron chi connectivity index (χ2n) is 12.3. The summed E-state index contributed by atoms with van der Waals surface area (Å²) in [5, 5.41) is 4.24. The molecule has 2 aromatic rings. The van der Waals surface area contributed by atoms with Crippen molar-refractivity contribution in [3.8, 4) is 0 Å². The fourth-order valence-corrected chi connectivity index (χ4v) is 7.18. The number of carbonyl (C=O) groups excluding carboxylic acids is 3. The van der Waals surface area contributed by atoms with Gasteiger partial charge in [0.15, 0.2) is 5.78 Å². The van der Waals surface area contributed by atoms with Crippen LogP contribution in [0.1, 0.15) is 95.0 Å². The van der Waals surface area contributed by atoms with Crippen LogP contribution in [0.3, 0.4) is 0 Å². The first-order valence-corrected chi connectivity index (χ1v) is 16.8. The van der Waals surface area contributed by atoms with E-state index in [-0.39, 0.29) is 29.9 Å². The van der Waals surface area contributed by atoms with Crippen LogP contribution >= 0.6 is 11.3 Å². The number of ether oxygens (including phenoxy) is 1. The van der Waals surface area contributed by atoms with Crippen molar-refractivity contribution in [3.63, 3.8) is 0 Å². The summed E-state index contributed by atoms with van der Waals surface area (Å²) >= 11 is 1.62. The lowest BCUT2D eigenvalue weighted by Crippen LogP contribution is -2.45. The van der Waals surface area contributed by atoms with Gasteiger partial charge in [-0.1, -0.05) is 52.2 Å². The number of hydrogen-bond acceptors (Lipinski definition) is 7. The number of hydrogen-bond donors (Lipinski definition) is 1. The van der Waals surface area contributed by atoms with E-state index in [1.807, 2.05) is 13.0 Å². The third-order valence-corrected chi connectivity index (χ3v) is 9.84. The van der Waals surface area contributed by atoms with Crippen molar-refractivity contribution in [2.45, 2.75) is 96.9 Å². The second-order valence-corrected chi connectivity index (χ2v) is 13.4. The molecule has 1 aliphatic heterocycles. The number of carbonyl (C=O) groups is 3. The van der Waals surface area contributed by atoms with Crippen molar-refractivity contribution in [1.29, 1.82) is 0 Å². The molecule has 4 rings (SSSR count). The van der Waals surface area contributed by atoms with E-state index in [0.717, 1.165) is 73.8 Å². The summed E-state index contributed by atoms with van der Waals surface area (Å²) in [7, 11) is 0. The number of morpholine rings is 1. The molecule has 1 aromatic heterocycles. The van der Waals surface area contributed by atoms with Crippen LogP contribution < -0.4 is 5.32 Å². The summed E-state index contributed by atoms with van der Waals surface area (Å²) in [6.45, 7) is 10.2. The number of Topliss-reactive ketones (excluding diaryl/α,β-unsaturated/α-hetero) is 1. The van der Waals surface area contributed by atoms with Crippen LogP contribution in [0.5, 0.6) is 0 Å². The second kappa shape index (κ2) is 16.4. The molecular formula is C34H49N3O4S. The van der Waals surface area contributed by atoms with E-state index in [0.29, 0.717) is 37.5 Å². The first kappa shape index (κ1) is 32.5. The molecule has 0 bridgehead atoms. The summed E-state index contributed by atoms with van der Waals surface area (Å²) in [6, 6.07) is 6.31. The Balaban J connectivity index is 1.41. The number of allylic oxidation sites excluding steroid dienone is 1. The maximum atomic E-state index is 13.8. The summed E-state index contributed by atoms with van der Waals surface area (Å²) < 4.78 is 6.52. The zero-order chi connectivity index (χ0) is 29.9. The highest BCUT2D eigenvalue weighted by Gasteiger charge is 2.30. The highest BCUT2D eigenvalue weighted by atomic mass is 32.1. The predicted octanol–water partition coefficient (Wildman–Crippen LogP) is 6.25. The minimum atomic E-state index is -0.460. The average Bonchev–Trinajstić information content (AvgIpc) is 3.41. The van der Waals surface area contributed by atoms with Gasteiger partial charge in [-0.05, 0) is 54.9 Å². The van der Waals surface area contributed by atoms with E-state index in [1.54, 1.807) is 17.4 Å². The van der Waals surface area contributed by atoms with Crippen molar-refractivity contribution < 1.29 is 19.1 Å². The zero-order valence-electron chi connectivity index (χ0n) is 25.7. The van der Waals surface area contributed by atoms with Gasteiger partial charge in [0.05, 0.1) is 34.4 Å². The van der Waals surface area contributed by atoms with Gasteiger partial charge in [0, 0.05) is 51.4 Å². The molecule has 8 heteroatoms. The molecule has 42 heavy (non-hydrogen) atoms. The molecule has 1 aliphatic carbocycles. The molecule has 2 atom stereocenters. The van der Waals surface area contributed by atoms with Crippen LogP contribution in [0.2, 0.25) is 0 Å². The molecule has 2 aliphatic rings. The first-order chi connectivity index (χ1) is 20.3. The number of amides is 1. The normalized spacial score (nSPS) is 18.5. The molecule has 2 fully saturated rings. The van der Waals surface area contributed by atoms with E-state index >= 15 is 0 Å². The molecule has 230 valence electrons. The van der Waals surface area contributed by atoms with Gasteiger partial charge in [-0.3, -0.25) is 19.3 Å². The molecule has 0 radical (unpaired) electrons. The van der Waals surface area contributed by atoms with Crippen molar-refractivity contribution in [2.75, 3.05) is 32.8 Å². The van der Waals surface area contributed by atoms with E-state index in [4.69, 9.17) is 9.72 Å². The number of fused-ring (bicyclic) bond motifs is 1. The lowest BCUT2D eigenvalue weighted by Gasteiger charge is -2.32. The van der Waals surface area contributed by atoms with Gasteiger partial charge in [0.1, 0.15) is 5.78 Å². The van der Waals surface area contributed by atoms with Crippen LogP contribution in [0.4, 0.5) is 0 Å². The average molecular weight is 596 g/mol. The van der Waals surface area contributed by atoms with E-state index < -0.39 is 5.92 Å². The number of thiazole rings is 1. The SMILES string of the molecule is CCC(=O)C[C@@H](Cc1nc2ccc(C(C)C)cc2s1)C(=O)N[C@H](CCC(=O)/C=C/CN1CCOCC1)C1CCCCC1. The Labute approximate surface area is 255 Å². The van der Waals surface area contributed by atoms with Gasteiger partial charge in [0.2, 0.25) is 5.91 Å². The van der Waals surface area contributed by atoms with E-state index in [2.05, 4.69) is 42.3 Å². The van der Waals surface area contributed by atoms with Gasteiger partial charge in [0.25, 0.3) is 0 Å². The van der Waals surface area contributed by atoms with Crippen molar-refractivity contribution in [1.82, 2.24) is 15.2 Å². The number of rotatable bonds is 15. The van der Waals surface area contributed by atoms with E-state index in [1.165, 1.54) is 12.0 Å². The Bertz CT molecular complexity index is 1210. The number of benzene rings is 1. The summed E-state index contributed by atoms with van der Waals surface area (Å²) in [5.74, 6) is 0.457. The van der Waals surface area contributed by atoms with Crippen LogP contribution in [-0.4, -0.2) is 66.2 Å². The molecule has 7 nitrogen and oxygen atoms in total. The Morgan fingerprint density at radius 1 is 1.14 bits per heavy atom. The smallest absolute Gasteiger partial charge is 0.224 e. The molecule has 0 unspecified atom stereocenters. The molecule has 1 amide bonds. The summed E-state index contributed by atoms with van der Waals surface area (Å²) in [6.07, 6.45) is 11.5. The minimum absolute atomic E-state index is 0.0578. The molecule has 1 N–H and O–H groups in total. The molecule has 0 spiro atoms. The lowest BCUT2D eigenvalue weighted by molar-refractivity contribution is -0.130. The van der Waals surface area contributed by atoms with Crippen LogP contribution in [0, 0.1) is 11.8 Å². The third-order valence-electron chi connectivity index (χ3n) is 8.80. The number of ketones is 2. The summed E-state index contributed by atoms with van der Waals surface area (Å²) in [4.78, 5) is 46.2. The fraction of sp³-hybridized carbons (Fsp3) is 0.647. The summed E-state index contributed by atoms with van der Waals surface area (Å²) in [5.41, 5.74) is 2.22. The Morgan fingerprint density at radius 3 is 2.62 bits per heavy atom. The molecule has 2 heterocycles. The molecule has 1 saturated carbocycles. The molecular weight excluding hydrogens is 546 g/mol. The Morgan fingerprint density at radius 2 is 1.90 bits per heavy atom. The maximum absolute atomic E-state index is 13.8. The zero-order valence-corrected chi connectivity index (χ0v) is 26.6. The highest BCUT2D eigenvalue weighted by Crippen LogP contribution is 2.31. The quantitative estimate of drug-likeness (QED) is 0.245. The predicted molar refractivity (Wildman–Crippen MR) is 170 cm³/mol. The topological polar surface area (TPSA) is 88.6 Å². The largest absolute Gasteiger partial charge is 0.379 e. The van der Waals surface area contributed by atoms with Gasteiger partial charge in [-0.25, -0.2) is 4.98 Å². The van der Waals surface area contributed by atoms with Gasteiger partial charge >= 0.3 is 0 Å². The van der Waals surface area contributed by atoms with E-state index in [9.17, 15) is 14.4 Å². The van der Waals surface area contributed by atoms with Crippen LogP contribution in [0.15, 0.2) is 30.4 Å². The molecule has 1 saturated heterocycles. The maximum Gasteiger partial charge on any atom is 0.224 e. The van der Waals surface area contributed by atoms with Gasteiger partial charge < -0.3 is 10.1 Å². The third kappa shape index (κ3) is 9.81. The van der Waals surface area contributed by atoms with Crippen LogP contribution in [-0.2, 0) is 25.5 Å². The number of nitrogens with one attached hydrogen (secondary N) is 1. The van der Waals surface area contributed by atoms with Crippen molar-refractivity contribution in [3.05, 3.63) is 40.9 Å². The van der Waals surface area contributed by atoms with Crippen molar-refractivity contribution >= 4 is 39.0 Å². The standard InChI is InChI=1S/C34H49N3O4S/c1-4-28(38)21-27(23-33-35-31-14-12-26(24(2)3)22-32(31)42-33)34(40)36-30(25-9-6-5-7-10-25)15-13-29(39)11-8-16-37-17-19-41-20-18-37/h8,11-12,14,22,24-25,27,30H,4-7,9-10,13,15-21,23H2,1-3H3,(H,36,40)/b11-8+/t27-,30+/m0/s1. The first-order valence-electron chi connectivity index (χ1n) is 16.0. The van der Waals surface area contributed by atoms with Gasteiger partial charge in [-0.15, -0.1) is 11.3 Å². The lowest BCUT2D eigenvalue weighted by atomic mass is 9.81. The van der Waals surface area contributed by atoms with Crippen molar-refractivity contribution in [2.24, 2.45) is 11.8 Å².